The molecule has 1 fully saturated rings. The summed E-state index contributed by atoms with van der Waals surface area (Å²) in [6.45, 7) is 3.96. The van der Waals surface area contributed by atoms with Gasteiger partial charge >= 0.3 is 0 Å². The summed E-state index contributed by atoms with van der Waals surface area (Å²) in [5.41, 5.74) is 2.11. The van der Waals surface area contributed by atoms with Crippen molar-refractivity contribution in [2.24, 2.45) is 0 Å². The molecule has 1 heterocycles. The van der Waals surface area contributed by atoms with Crippen molar-refractivity contribution < 1.29 is 4.79 Å². The third kappa shape index (κ3) is 3.93. The Bertz CT molecular complexity index is 484. The molecule has 1 saturated heterocycles. The molecule has 1 aliphatic rings. The molecular weight excluding hydrogens is 270 g/mol. The van der Waals surface area contributed by atoms with Crippen LogP contribution in [0.1, 0.15) is 32.6 Å². The van der Waals surface area contributed by atoms with Gasteiger partial charge in [0.1, 0.15) is 0 Å². The molecule has 108 valence electrons. The molecule has 1 amide bonds. The summed E-state index contributed by atoms with van der Waals surface area (Å²) in [5.74, 6) is -0.0713. The molecule has 0 aliphatic carbocycles. The Hall–Kier alpha value is -1.62. The lowest BCUT2D eigenvalue weighted by molar-refractivity contribution is -0.119. The lowest BCUT2D eigenvalue weighted by Gasteiger charge is -2.30. The van der Waals surface area contributed by atoms with Crippen molar-refractivity contribution >= 4 is 34.6 Å². The molecule has 5 heteroatoms. The number of hydrogen-bond acceptors (Lipinski definition) is 3. The molecule has 1 aromatic carbocycles. The van der Waals surface area contributed by atoms with Crippen LogP contribution >= 0.6 is 12.2 Å². The van der Waals surface area contributed by atoms with Crippen molar-refractivity contribution in [3.63, 3.8) is 0 Å². The second-order valence-corrected chi connectivity index (χ2v) is 5.33. The number of anilines is 2. The molecule has 1 aromatic rings. The maximum atomic E-state index is 11.4. The molecule has 0 atom stereocenters. The van der Waals surface area contributed by atoms with Gasteiger partial charge in [-0.05, 0) is 43.6 Å². The maximum Gasteiger partial charge on any atom is 0.225 e. The average molecular weight is 291 g/mol. The van der Waals surface area contributed by atoms with Gasteiger partial charge in [-0.1, -0.05) is 19.1 Å². The van der Waals surface area contributed by atoms with E-state index in [-0.39, 0.29) is 5.91 Å². The topological polar surface area (TPSA) is 44.4 Å². The molecule has 0 spiro atoms. The van der Waals surface area contributed by atoms with Gasteiger partial charge in [0.05, 0.1) is 11.4 Å². The number of hydrogen-bond donors (Lipinski definition) is 2. The van der Waals surface area contributed by atoms with Crippen molar-refractivity contribution in [3.05, 3.63) is 24.3 Å². The van der Waals surface area contributed by atoms with Gasteiger partial charge in [-0.2, -0.15) is 0 Å². The third-order valence-corrected chi connectivity index (χ3v) is 3.63. The van der Waals surface area contributed by atoms with E-state index in [4.69, 9.17) is 12.2 Å². The largest absolute Gasteiger partial charge is 0.370 e. The van der Waals surface area contributed by atoms with E-state index in [0.717, 1.165) is 24.5 Å². The van der Waals surface area contributed by atoms with E-state index < -0.39 is 0 Å². The Morgan fingerprint density at radius 1 is 1.25 bits per heavy atom. The van der Waals surface area contributed by atoms with Crippen LogP contribution in [0.2, 0.25) is 0 Å². The van der Waals surface area contributed by atoms with Crippen LogP contribution in [-0.2, 0) is 4.79 Å². The number of carbonyl (C=O) groups excluding carboxylic acids is 1. The lowest BCUT2D eigenvalue weighted by atomic mass is 10.1. The lowest BCUT2D eigenvalue weighted by Crippen LogP contribution is -2.35. The Balaban J connectivity index is 2.07. The van der Waals surface area contributed by atoms with Gasteiger partial charge in [0.25, 0.3) is 0 Å². The summed E-state index contributed by atoms with van der Waals surface area (Å²) in [6, 6.07) is 8.09. The minimum atomic E-state index is -0.0713. The zero-order valence-electron chi connectivity index (χ0n) is 11.8. The van der Waals surface area contributed by atoms with E-state index in [1.807, 2.05) is 18.2 Å². The fourth-order valence-electron chi connectivity index (χ4n) is 2.36. The molecule has 4 nitrogen and oxygen atoms in total. The number of rotatable bonds is 3. The molecule has 0 radical (unpaired) electrons. The normalized spacial score (nSPS) is 14.8. The van der Waals surface area contributed by atoms with Gasteiger partial charge in [-0.3, -0.25) is 4.79 Å². The Labute approximate surface area is 125 Å². The fourth-order valence-corrected chi connectivity index (χ4v) is 2.58. The van der Waals surface area contributed by atoms with Gasteiger partial charge in [0.2, 0.25) is 5.91 Å². The third-order valence-electron chi connectivity index (χ3n) is 3.42. The minimum absolute atomic E-state index is 0.0713. The zero-order valence-corrected chi connectivity index (χ0v) is 12.6. The maximum absolute atomic E-state index is 11.4. The van der Waals surface area contributed by atoms with Gasteiger partial charge < -0.3 is 15.5 Å². The van der Waals surface area contributed by atoms with E-state index >= 15 is 0 Å². The summed E-state index contributed by atoms with van der Waals surface area (Å²) in [6.07, 6.45) is 4.18. The number of carbonyl (C=O) groups is 1. The van der Waals surface area contributed by atoms with E-state index in [0.29, 0.717) is 11.5 Å². The van der Waals surface area contributed by atoms with Crippen LogP contribution in [-0.4, -0.2) is 24.1 Å². The van der Waals surface area contributed by atoms with Crippen LogP contribution in [0.25, 0.3) is 0 Å². The molecule has 0 unspecified atom stereocenters. The predicted molar refractivity (Wildman–Crippen MR) is 87.2 cm³/mol. The fraction of sp³-hybridized carbons (Fsp3) is 0.467. The van der Waals surface area contributed by atoms with Crippen LogP contribution < -0.4 is 15.5 Å². The first-order valence-corrected chi connectivity index (χ1v) is 7.56. The SMILES string of the molecule is CCC(=O)NC(=S)Nc1ccccc1N1CCCCC1. The van der Waals surface area contributed by atoms with Crippen molar-refractivity contribution in [2.75, 3.05) is 23.3 Å². The summed E-state index contributed by atoms with van der Waals surface area (Å²) in [4.78, 5) is 13.7. The van der Waals surface area contributed by atoms with Gasteiger partial charge in [0, 0.05) is 19.5 Å². The average Bonchev–Trinajstić information content (AvgIpc) is 2.48. The van der Waals surface area contributed by atoms with Crippen molar-refractivity contribution in [2.45, 2.75) is 32.6 Å². The highest BCUT2D eigenvalue weighted by Gasteiger charge is 2.14. The van der Waals surface area contributed by atoms with Gasteiger partial charge in [-0.15, -0.1) is 0 Å². The van der Waals surface area contributed by atoms with Crippen molar-refractivity contribution in [1.29, 1.82) is 0 Å². The summed E-state index contributed by atoms with van der Waals surface area (Å²) >= 11 is 5.18. The molecule has 2 rings (SSSR count). The number of amides is 1. The summed E-state index contributed by atoms with van der Waals surface area (Å²) in [5, 5.41) is 6.16. The number of nitrogens with zero attached hydrogens (tertiary/aromatic N) is 1. The number of nitrogens with one attached hydrogen (secondary N) is 2. The zero-order chi connectivity index (χ0) is 14.4. The van der Waals surface area contributed by atoms with Crippen LogP contribution in [0.4, 0.5) is 11.4 Å². The van der Waals surface area contributed by atoms with Crippen molar-refractivity contribution in [1.82, 2.24) is 5.32 Å². The number of piperidine rings is 1. The summed E-state index contributed by atoms with van der Waals surface area (Å²) < 4.78 is 0. The van der Waals surface area contributed by atoms with Crippen LogP contribution in [0, 0.1) is 0 Å². The second kappa shape index (κ2) is 7.24. The predicted octanol–water partition coefficient (Wildman–Crippen LogP) is 2.90. The number of thiocarbonyl (C=S) groups is 1. The summed E-state index contributed by atoms with van der Waals surface area (Å²) in [7, 11) is 0. The molecule has 0 saturated carbocycles. The van der Waals surface area contributed by atoms with Crippen LogP contribution in [0.15, 0.2) is 24.3 Å². The quantitative estimate of drug-likeness (QED) is 0.841. The van der Waals surface area contributed by atoms with Crippen molar-refractivity contribution in [3.8, 4) is 0 Å². The number of benzene rings is 1. The Kier molecular flexibility index (Phi) is 5.35. The van der Waals surface area contributed by atoms with E-state index in [1.54, 1.807) is 6.92 Å². The van der Waals surface area contributed by atoms with Gasteiger partial charge in [0.15, 0.2) is 5.11 Å². The first-order chi connectivity index (χ1) is 9.70. The van der Waals surface area contributed by atoms with E-state index in [2.05, 4.69) is 21.6 Å². The molecule has 20 heavy (non-hydrogen) atoms. The molecular formula is C15H21N3OS. The highest BCUT2D eigenvalue weighted by molar-refractivity contribution is 7.80. The molecule has 0 aromatic heterocycles. The standard InChI is InChI=1S/C15H21N3OS/c1-2-14(19)17-15(20)16-12-8-4-5-9-13(12)18-10-6-3-7-11-18/h4-5,8-9H,2-3,6-7,10-11H2,1H3,(H2,16,17,19,20). The van der Waals surface area contributed by atoms with E-state index in [1.165, 1.54) is 19.3 Å². The second-order valence-electron chi connectivity index (χ2n) is 4.92. The molecule has 2 N–H and O–H groups in total. The first kappa shape index (κ1) is 14.8. The van der Waals surface area contributed by atoms with Crippen LogP contribution in [0.3, 0.4) is 0 Å². The smallest absolute Gasteiger partial charge is 0.225 e. The van der Waals surface area contributed by atoms with E-state index in [9.17, 15) is 4.79 Å². The monoisotopic (exact) mass is 291 g/mol. The Morgan fingerprint density at radius 2 is 1.95 bits per heavy atom. The highest BCUT2D eigenvalue weighted by Crippen LogP contribution is 2.28. The van der Waals surface area contributed by atoms with Gasteiger partial charge in [-0.25, -0.2) is 0 Å². The highest BCUT2D eigenvalue weighted by atomic mass is 32.1. The minimum Gasteiger partial charge on any atom is -0.370 e. The Morgan fingerprint density at radius 3 is 2.65 bits per heavy atom. The first-order valence-electron chi connectivity index (χ1n) is 7.15. The molecule has 1 aliphatic heterocycles. The number of para-hydroxylation sites is 2. The molecule has 0 bridgehead atoms. The van der Waals surface area contributed by atoms with Crippen LogP contribution in [0.5, 0.6) is 0 Å².